The van der Waals surface area contributed by atoms with E-state index in [4.69, 9.17) is 4.74 Å². The Bertz CT molecular complexity index is 970. The van der Waals surface area contributed by atoms with Crippen LogP contribution in [0.5, 0.6) is 0 Å². The van der Waals surface area contributed by atoms with Crippen molar-refractivity contribution in [3.05, 3.63) is 12.2 Å². The number of esters is 1. The van der Waals surface area contributed by atoms with Crippen molar-refractivity contribution in [3.8, 4) is 0 Å². The molecule has 386 valence electrons. The monoisotopic (exact) mass is 918 g/mol. The Hall–Kier alpha value is -1.40. The summed E-state index contributed by atoms with van der Waals surface area (Å²) in [6.07, 6.45) is 65.1. The molecule has 0 heterocycles. The fourth-order valence-electron chi connectivity index (χ4n) is 9.28. The number of unbranched alkanes of at least 4 members (excludes halogenated alkanes) is 44. The van der Waals surface area contributed by atoms with Crippen LogP contribution >= 0.6 is 0 Å². The fourth-order valence-corrected chi connectivity index (χ4v) is 9.28. The Morgan fingerprint density at radius 2 is 0.708 bits per heavy atom. The summed E-state index contributed by atoms with van der Waals surface area (Å²) in [6.45, 7) is 4.90. The first-order chi connectivity index (χ1) is 32.0. The highest BCUT2D eigenvalue weighted by molar-refractivity contribution is 5.76. The van der Waals surface area contributed by atoms with Gasteiger partial charge in [-0.3, -0.25) is 9.59 Å². The number of allylic oxidation sites excluding steroid dienone is 1. The zero-order valence-electron chi connectivity index (χ0n) is 44.0. The summed E-state index contributed by atoms with van der Waals surface area (Å²) < 4.78 is 5.48. The lowest BCUT2D eigenvalue weighted by Crippen LogP contribution is -2.45. The van der Waals surface area contributed by atoms with E-state index in [9.17, 15) is 19.8 Å². The number of aliphatic hydroxyl groups excluding tert-OH is 2. The maximum atomic E-state index is 12.5. The molecule has 0 aromatic heterocycles. The molecule has 1 amide bonds. The lowest BCUT2D eigenvalue weighted by Gasteiger charge is -2.20. The van der Waals surface area contributed by atoms with Crippen LogP contribution in [0.2, 0.25) is 0 Å². The Morgan fingerprint density at radius 1 is 0.415 bits per heavy atom. The van der Waals surface area contributed by atoms with E-state index in [1.54, 1.807) is 6.08 Å². The van der Waals surface area contributed by atoms with Crippen molar-refractivity contribution in [2.45, 2.75) is 341 Å². The molecule has 0 fully saturated rings. The molecule has 2 unspecified atom stereocenters. The molecular weight excluding hydrogens is 803 g/mol. The highest BCUT2D eigenvalue weighted by Gasteiger charge is 2.18. The highest BCUT2D eigenvalue weighted by atomic mass is 16.5. The number of carbonyl (C=O) groups excluding carboxylic acids is 2. The average Bonchev–Trinajstić information content (AvgIpc) is 3.31. The van der Waals surface area contributed by atoms with Crippen molar-refractivity contribution >= 4 is 11.9 Å². The third-order valence-corrected chi connectivity index (χ3v) is 13.8. The van der Waals surface area contributed by atoms with E-state index in [2.05, 4.69) is 19.2 Å². The SMILES string of the molecule is CCCCCCCCCCCCCCCCCCC/C=C/C(O)C(CO)NC(=O)CCCCCCCCCCCCCCCOC(=O)CCCCCCCCCCCCCCCCCC. The maximum Gasteiger partial charge on any atom is 0.305 e. The van der Waals surface area contributed by atoms with Gasteiger partial charge in [-0.05, 0) is 32.1 Å². The summed E-state index contributed by atoms with van der Waals surface area (Å²) in [7, 11) is 0. The lowest BCUT2D eigenvalue weighted by atomic mass is 10.0. The van der Waals surface area contributed by atoms with Gasteiger partial charge < -0.3 is 20.3 Å². The Morgan fingerprint density at radius 3 is 1.05 bits per heavy atom. The Kier molecular flexibility index (Phi) is 54.0. The van der Waals surface area contributed by atoms with E-state index in [1.807, 2.05) is 6.08 Å². The highest BCUT2D eigenvalue weighted by Crippen LogP contribution is 2.17. The summed E-state index contributed by atoms with van der Waals surface area (Å²) >= 11 is 0. The number of nitrogens with one attached hydrogen (secondary N) is 1. The van der Waals surface area contributed by atoms with E-state index in [0.717, 1.165) is 57.8 Å². The van der Waals surface area contributed by atoms with Crippen LogP contribution in [0.1, 0.15) is 328 Å². The predicted molar refractivity (Wildman–Crippen MR) is 283 cm³/mol. The number of carbonyl (C=O) groups is 2. The van der Waals surface area contributed by atoms with Crippen molar-refractivity contribution in [1.82, 2.24) is 5.32 Å². The largest absolute Gasteiger partial charge is 0.466 e. The summed E-state index contributed by atoms with van der Waals surface area (Å²) in [5.41, 5.74) is 0. The molecule has 65 heavy (non-hydrogen) atoms. The molecule has 0 spiro atoms. The topological polar surface area (TPSA) is 95.9 Å². The molecule has 3 N–H and O–H groups in total. The van der Waals surface area contributed by atoms with Gasteiger partial charge in [-0.2, -0.15) is 0 Å². The van der Waals surface area contributed by atoms with Gasteiger partial charge in [0.05, 0.1) is 25.4 Å². The predicted octanol–water partition coefficient (Wildman–Crippen LogP) is 18.1. The van der Waals surface area contributed by atoms with Crippen LogP contribution in [-0.4, -0.2) is 47.4 Å². The summed E-state index contributed by atoms with van der Waals surface area (Å²) in [4.78, 5) is 24.5. The number of hydrogen-bond donors (Lipinski definition) is 3. The molecule has 2 atom stereocenters. The smallest absolute Gasteiger partial charge is 0.305 e. The lowest BCUT2D eigenvalue weighted by molar-refractivity contribution is -0.143. The van der Waals surface area contributed by atoms with Crippen molar-refractivity contribution in [1.29, 1.82) is 0 Å². The third kappa shape index (κ3) is 51.8. The molecule has 0 aliphatic carbocycles. The standard InChI is InChI=1S/C59H115NO5/c1-3-5-7-9-11-13-15-17-19-21-22-23-24-27-31-35-39-43-47-51-57(62)56(55-61)60-58(63)52-48-44-40-36-32-28-26-30-34-38-42-46-50-54-65-59(64)53-49-45-41-37-33-29-25-20-18-16-14-12-10-8-6-4-2/h47,51,56-57,61-62H,3-46,48-50,52-55H2,1-2H3,(H,60,63)/b51-47+. The number of aliphatic hydroxyl groups is 2. The van der Waals surface area contributed by atoms with E-state index >= 15 is 0 Å². The zero-order valence-corrected chi connectivity index (χ0v) is 44.0. The van der Waals surface area contributed by atoms with Gasteiger partial charge in [0.15, 0.2) is 0 Å². The molecule has 0 aromatic rings. The summed E-state index contributed by atoms with van der Waals surface area (Å²) in [6, 6.07) is -0.637. The minimum atomic E-state index is -0.852. The molecule has 0 saturated heterocycles. The number of rotatable bonds is 55. The van der Waals surface area contributed by atoms with Crippen LogP contribution in [0.3, 0.4) is 0 Å². The van der Waals surface area contributed by atoms with Crippen LogP contribution in [-0.2, 0) is 14.3 Å². The molecule has 0 radical (unpaired) electrons. The van der Waals surface area contributed by atoms with Crippen molar-refractivity contribution in [2.75, 3.05) is 13.2 Å². The van der Waals surface area contributed by atoms with Crippen LogP contribution < -0.4 is 5.32 Å². The molecular formula is C59H115NO5. The van der Waals surface area contributed by atoms with Crippen LogP contribution in [0, 0.1) is 0 Å². The van der Waals surface area contributed by atoms with E-state index in [1.165, 1.54) is 244 Å². The molecule has 6 heteroatoms. The molecule has 0 aliphatic heterocycles. The van der Waals surface area contributed by atoms with Gasteiger partial charge in [-0.15, -0.1) is 0 Å². The minimum absolute atomic E-state index is 0.00259. The zero-order chi connectivity index (χ0) is 47.2. The first kappa shape index (κ1) is 63.6. The van der Waals surface area contributed by atoms with Crippen LogP contribution in [0.15, 0.2) is 12.2 Å². The van der Waals surface area contributed by atoms with Gasteiger partial charge in [0, 0.05) is 12.8 Å². The quantitative estimate of drug-likeness (QED) is 0.0321. The molecule has 0 saturated carbocycles. The third-order valence-electron chi connectivity index (χ3n) is 13.8. The van der Waals surface area contributed by atoms with Crippen molar-refractivity contribution in [2.24, 2.45) is 0 Å². The van der Waals surface area contributed by atoms with Crippen LogP contribution in [0.25, 0.3) is 0 Å². The second-order valence-corrected chi connectivity index (χ2v) is 20.3. The maximum absolute atomic E-state index is 12.5. The molecule has 0 aromatic carbocycles. The number of hydrogen-bond acceptors (Lipinski definition) is 5. The van der Waals surface area contributed by atoms with Gasteiger partial charge >= 0.3 is 5.97 Å². The number of ether oxygens (including phenoxy) is 1. The van der Waals surface area contributed by atoms with Gasteiger partial charge in [-0.25, -0.2) is 0 Å². The first-order valence-corrected chi connectivity index (χ1v) is 29.5. The fraction of sp³-hybridized carbons (Fsp3) is 0.932. The van der Waals surface area contributed by atoms with Crippen molar-refractivity contribution < 1.29 is 24.5 Å². The second kappa shape index (κ2) is 55.2. The van der Waals surface area contributed by atoms with Gasteiger partial charge in [0.2, 0.25) is 5.91 Å². The molecule has 6 nitrogen and oxygen atoms in total. The van der Waals surface area contributed by atoms with Crippen molar-refractivity contribution in [3.63, 3.8) is 0 Å². The van der Waals surface area contributed by atoms with Gasteiger partial charge in [-0.1, -0.05) is 296 Å². The number of amides is 1. The Labute approximate surface area is 406 Å². The van der Waals surface area contributed by atoms with E-state index in [-0.39, 0.29) is 18.5 Å². The molecule has 0 rings (SSSR count). The minimum Gasteiger partial charge on any atom is -0.466 e. The Balaban J connectivity index is 3.46. The normalized spacial score (nSPS) is 12.6. The van der Waals surface area contributed by atoms with E-state index < -0.39 is 12.1 Å². The molecule has 0 aliphatic rings. The summed E-state index contributed by atoms with van der Waals surface area (Å²) in [5.74, 6) is -0.0800. The van der Waals surface area contributed by atoms with E-state index in [0.29, 0.717) is 19.4 Å². The van der Waals surface area contributed by atoms with Gasteiger partial charge in [0.25, 0.3) is 0 Å². The second-order valence-electron chi connectivity index (χ2n) is 20.3. The van der Waals surface area contributed by atoms with Crippen LogP contribution in [0.4, 0.5) is 0 Å². The molecule has 0 bridgehead atoms. The van der Waals surface area contributed by atoms with Gasteiger partial charge in [0.1, 0.15) is 0 Å². The average molecular weight is 919 g/mol. The summed E-state index contributed by atoms with van der Waals surface area (Å²) in [5, 5.41) is 23.2. The first-order valence-electron chi connectivity index (χ1n) is 29.5.